The summed E-state index contributed by atoms with van der Waals surface area (Å²) in [6.07, 6.45) is 1.56. The summed E-state index contributed by atoms with van der Waals surface area (Å²) in [5.41, 5.74) is 1.18. The lowest BCUT2D eigenvalue weighted by molar-refractivity contribution is -0.139. The van der Waals surface area contributed by atoms with Crippen LogP contribution in [0.15, 0.2) is 51.4 Å². The second-order valence-corrected chi connectivity index (χ2v) is 9.68. The Morgan fingerprint density at radius 2 is 1.71 bits per heavy atom. The van der Waals surface area contributed by atoms with E-state index in [-0.39, 0.29) is 28.0 Å². The van der Waals surface area contributed by atoms with Gasteiger partial charge in [0.25, 0.3) is 5.56 Å². The smallest absolute Gasteiger partial charge is 0.342 e. The lowest BCUT2D eigenvalue weighted by Gasteiger charge is -2.26. The van der Waals surface area contributed by atoms with Crippen molar-refractivity contribution in [1.29, 1.82) is 0 Å². The fraction of sp³-hybridized carbons (Fsp3) is 0.310. The first-order valence-electron chi connectivity index (χ1n) is 12.5. The molecule has 41 heavy (non-hydrogen) atoms. The van der Waals surface area contributed by atoms with Gasteiger partial charge in [0.1, 0.15) is 23.1 Å². The number of esters is 2. The number of nitrogens with zero attached hydrogens (tertiary/aromatic N) is 2. The standard InChI is InChI=1S/C29H30N2O9S/c1-8-40-28(34)22-15(2)30-29-31(24(22)18-11-10-17(35-3)14-20(18)37-5)26(32)21(41-29)13-16-9-12-19(36-4)25(38-6)23(16)27(33)39-7/h9-14,24H,8H2,1-7H3/b21-13+. The molecule has 0 saturated heterocycles. The quantitative estimate of drug-likeness (QED) is 0.350. The molecule has 0 fully saturated rings. The Morgan fingerprint density at radius 3 is 2.32 bits per heavy atom. The molecule has 1 aliphatic rings. The van der Waals surface area contributed by atoms with Gasteiger partial charge in [-0.2, -0.15) is 0 Å². The van der Waals surface area contributed by atoms with Crippen molar-refractivity contribution in [3.63, 3.8) is 0 Å². The number of ether oxygens (including phenoxy) is 6. The van der Waals surface area contributed by atoms with Crippen molar-refractivity contribution < 1.29 is 38.0 Å². The first kappa shape index (κ1) is 29.4. The molecule has 216 valence electrons. The van der Waals surface area contributed by atoms with Crippen LogP contribution in [0.2, 0.25) is 0 Å². The number of rotatable bonds is 9. The van der Waals surface area contributed by atoms with Crippen LogP contribution in [-0.4, -0.2) is 58.7 Å². The molecule has 1 aromatic heterocycles. The molecule has 11 nitrogen and oxygen atoms in total. The number of thiazole rings is 1. The van der Waals surface area contributed by atoms with Crippen molar-refractivity contribution in [2.75, 3.05) is 42.2 Å². The van der Waals surface area contributed by atoms with Crippen LogP contribution in [0.4, 0.5) is 0 Å². The molecule has 12 heteroatoms. The Labute approximate surface area is 239 Å². The van der Waals surface area contributed by atoms with Crippen LogP contribution in [0.5, 0.6) is 23.0 Å². The Balaban J connectivity index is 2.03. The lowest BCUT2D eigenvalue weighted by Crippen LogP contribution is -2.40. The maximum Gasteiger partial charge on any atom is 0.342 e. The third-order valence-electron chi connectivity index (χ3n) is 6.51. The van der Waals surface area contributed by atoms with E-state index < -0.39 is 23.5 Å². The first-order chi connectivity index (χ1) is 19.7. The second-order valence-electron chi connectivity index (χ2n) is 8.67. The minimum Gasteiger partial charge on any atom is -0.497 e. The Kier molecular flexibility index (Phi) is 8.82. The van der Waals surface area contributed by atoms with Gasteiger partial charge in [-0.05, 0) is 43.7 Å². The molecule has 0 bridgehead atoms. The Hall–Kier alpha value is -4.58. The average Bonchev–Trinajstić information content (AvgIpc) is 3.29. The van der Waals surface area contributed by atoms with Crippen LogP contribution < -0.4 is 33.8 Å². The summed E-state index contributed by atoms with van der Waals surface area (Å²) in [6, 6.07) is 7.49. The van der Waals surface area contributed by atoms with Gasteiger partial charge in [-0.25, -0.2) is 14.6 Å². The first-order valence-corrected chi connectivity index (χ1v) is 13.3. The van der Waals surface area contributed by atoms with Gasteiger partial charge < -0.3 is 28.4 Å². The zero-order valence-corrected chi connectivity index (χ0v) is 24.5. The third kappa shape index (κ3) is 5.30. The molecule has 1 aliphatic heterocycles. The van der Waals surface area contributed by atoms with Gasteiger partial charge in [-0.3, -0.25) is 9.36 Å². The fourth-order valence-corrected chi connectivity index (χ4v) is 5.68. The predicted octanol–water partition coefficient (Wildman–Crippen LogP) is 2.62. The molecule has 1 atom stereocenters. The average molecular weight is 583 g/mol. The van der Waals surface area contributed by atoms with E-state index in [0.29, 0.717) is 38.9 Å². The number of carbonyl (C=O) groups excluding carboxylic acids is 2. The van der Waals surface area contributed by atoms with E-state index in [1.807, 2.05) is 0 Å². The zero-order chi connectivity index (χ0) is 29.8. The normalized spacial score (nSPS) is 14.6. The van der Waals surface area contributed by atoms with Crippen molar-refractivity contribution in [3.8, 4) is 23.0 Å². The van der Waals surface area contributed by atoms with Crippen LogP contribution >= 0.6 is 11.3 Å². The Bertz CT molecular complexity index is 1720. The number of fused-ring (bicyclic) bond motifs is 1. The number of hydrogen-bond donors (Lipinski definition) is 0. The number of allylic oxidation sites excluding steroid dienone is 1. The SMILES string of the molecule is CCOC(=O)C1=C(C)N=c2s/c(=C/c3ccc(OC)c(OC)c3C(=O)OC)c(=O)n2C1c1ccc(OC)cc1OC. The van der Waals surface area contributed by atoms with Crippen molar-refractivity contribution in [1.82, 2.24) is 4.57 Å². The molecule has 2 aromatic carbocycles. The highest BCUT2D eigenvalue weighted by Gasteiger charge is 2.35. The highest BCUT2D eigenvalue weighted by atomic mass is 32.1. The molecule has 2 heterocycles. The minimum atomic E-state index is -0.904. The number of carbonyl (C=O) groups is 2. The molecule has 0 spiro atoms. The highest BCUT2D eigenvalue weighted by Crippen LogP contribution is 2.38. The lowest BCUT2D eigenvalue weighted by atomic mass is 9.95. The summed E-state index contributed by atoms with van der Waals surface area (Å²) in [4.78, 5) is 45.0. The van der Waals surface area contributed by atoms with Crippen LogP contribution in [0.3, 0.4) is 0 Å². The monoisotopic (exact) mass is 582 g/mol. The highest BCUT2D eigenvalue weighted by molar-refractivity contribution is 7.07. The maximum absolute atomic E-state index is 14.1. The Morgan fingerprint density at radius 1 is 0.976 bits per heavy atom. The van der Waals surface area contributed by atoms with Crippen molar-refractivity contribution >= 4 is 29.4 Å². The van der Waals surface area contributed by atoms with Crippen molar-refractivity contribution in [2.45, 2.75) is 19.9 Å². The van der Waals surface area contributed by atoms with Crippen LogP contribution in [0.1, 0.15) is 41.4 Å². The second kappa shape index (κ2) is 12.3. The number of hydrogen-bond acceptors (Lipinski definition) is 11. The van der Waals surface area contributed by atoms with Gasteiger partial charge in [-0.15, -0.1) is 0 Å². The van der Waals surface area contributed by atoms with E-state index in [1.54, 1.807) is 50.3 Å². The largest absolute Gasteiger partial charge is 0.497 e. The van der Waals surface area contributed by atoms with Gasteiger partial charge in [0, 0.05) is 11.6 Å². The van der Waals surface area contributed by atoms with E-state index in [4.69, 9.17) is 28.4 Å². The van der Waals surface area contributed by atoms with E-state index in [1.165, 1.54) is 40.1 Å². The van der Waals surface area contributed by atoms with Crippen molar-refractivity contribution in [3.05, 3.63) is 78.0 Å². The van der Waals surface area contributed by atoms with Gasteiger partial charge >= 0.3 is 11.9 Å². The molecule has 0 radical (unpaired) electrons. The molecule has 4 rings (SSSR count). The molecular formula is C29H30N2O9S. The van der Waals surface area contributed by atoms with E-state index in [2.05, 4.69) is 4.99 Å². The fourth-order valence-electron chi connectivity index (χ4n) is 4.65. The number of benzene rings is 2. The molecule has 0 aliphatic carbocycles. The summed E-state index contributed by atoms with van der Waals surface area (Å²) in [7, 11) is 7.13. The van der Waals surface area contributed by atoms with E-state index in [9.17, 15) is 14.4 Å². The third-order valence-corrected chi connectivity index (χ3v) is 7.49. The minimum absolute atomic E-state index is 0.0944. The molecule has 1 unspecified atom stereocenters. The summed E-state index contributed by atoms with van der Waals surface area (Å²) in [5.74, 6) is 0.184. The van der Waals surface area contributed by atoms with Gasteiger partial charge in [0.15, 0.2) is 16.3 Å². The zero-order valence-electron chi connectivity index (χ0n) is 23.7. The number of methoxy groups -OCH3 is 5. The van der Waals surface area contributed by atoms with E-state index in [0.717, 1.165) is 11.3 Å². The molecule has 3 aromatic rings. The summed E-state index contributed by atoms with van der Waals surface area (Å²) in [5, 5.41) is 0. The maximum atomic E-state index is 14.1. The van der Waals surface area contributed by atoms with Crippen LogP contribution in [-0.2, 0) is 14.3 Å². The predicted molar refractivity (Wildman–Crippen MR) is 151 cm³/mol. The van der Waals surface area contributed by atoms with Gasteiger partial charge in [-0.1, -0.05) is 17.4 Å². The topological polar surface area (TPSA) is 124 Å². The summed E-state index contributed by atoms with van der Waals surface area (Å²) in [6.45, 7) is 3.53. The van der Waals surface area contributed by atoms with Gasteiger partial charge in [0.2, 0.25) is 0 Å². The van der Waals surface area contributed by atoms with Gasteiger partial charge in [0.05, 0.1) is 58.0 Å². The molecular weight excluding hydrogens is 552 g/mol. The van der Waals surface area contributed by atoms with Crippen LogP contribution in [0, 0.1) is 0 Å². The molecule has 0 amide bonds. The molecule has 0 N–H and O–H groups in total. The van der Waals surface area contributed by atoms with E-state index >= 15 is 0 Å². The summed E-state index contributed by atoms with van der Waals surface area (Å²) < 4.78 is 33.8. The number of aromatic nitrogens is 1. The van der Waals surface area contributed by atoms with Crippen molar-refractivity contribution in [2.24, 2.45) is 4.99 Å². The van der Waals surface area contributed by atoms with Crippen LogP contribution in [0.25, 0.3) is 6.08 Å². The molecule has 0 saturated carbocycles. The summed E-state index contributed by atoms with van der Waals surface area (Å²) >= 11 is 1.11.